The third-order valence-electron chi connectivity index (χ3n) is 5.89. The van der Waals surface area contributed by atoms with E-state index in [1.165, 1.54) is 0 Å². The summed E-state index contributed by atoms with van der Waals surface area (Å²) in [5.74, 6) is -3.50. The van der Waals surface area contributed by atoms with E-state index in [1.54, 1.807) is 0 Å². The van der Waals surface area contributed by atoms with Gasteiger partial charge < -0.3 is 20.5 Å². The van der Waals surface area contributed by atoms with Gasteiger partial charge in [0.15, 0.2) is 0 Å². The van der Waals surface area contributed by atoms with Crippen molar-refractivity contribution < 1.29 is 33.8 Å². The Kier molecular flexibility index (Phi) is 6.58. The van der Waals surface area contributed by atoms with E-state index < -0.39 is 48.3 Å². The van der Waals surface area contributed by atoms with Gasteiger partial charge in [0.25, 0.3) is 0 Å². The van der Waals surface area contributed by atoms with Crippen molar-refractivity contribution in [2.24, 2.45) is 0 Å². The van der Waals surface area contributed by atoms with Crippen LogP contribution in [0.15, 0.2) is 48.5 Å². The van der Waals surface area contributed by atoms with Crippen molar-refractivity contribution in [1.82, 2.24) is 16.0 Å². The maximum atomic E-state index is 12.6. The Morgan fingerprint density at radius 2 is 1.65 bits per heavy atom. The molecule has 0 spiro atoms. The molecule has 2 unspecified atom stereocenters. The van der Waals surface area contributed by atoms with Crippen LogP contribution in [-0.4, -0.2) is 53.6 Å². The van der Waals surface area contributed by atoms with Gasteiger partial charge in [0.1, 0.15) is 18.7 Å². The van der Waals surface area contributed by atoms with E-state index in [-0.39, 0.29) is 25.4 Å². The van der Waals surface area contributed by atoms with E-state index in [2.05, 4.69) is 16.0 Å². The maximum Gasteiger partial charge on any atom is 0.407 e. The minimum Gasteiger partial charge on any atom is -0.481 e. The van der Waals surface area contributed by atoms with E-state index in [0.29, 0.717) is 0 Å². The molecular weight excluding hydrogens is 442 g/mol. The van der Waals surface area contributed by atoms with E-state index in [4.69, 9.17) is 9.84 Å². The summed E-state index contributed by atoms with van der Waals surface area (Å²) in [6, 6.07) is 13.1. The predicted octanol–water partition coefficient (Wildman–Crippen LogP) is 1.29. The highest BCUT2D eigenvalue weighted by Crippen LogP contribution is 2.44. The summed E-state index contributed by atoms with van der Waals surface area (Å²) in [6.07, 6.45) is -1.53. The first-order valence-electron chi connectivity index (χ1n) is 10.8. The molecule has 2 aromatic carbocycles. The number of carboxylic acid groups (broad SMARTS) is 1. The van der Waals surface area contributed by atoms with Crippen LogP contribution in [0.3, 0.4) is 0 Å². The lowest BCUT2D eigenvalue weighted by Gasteiger charge is -2.24. The molecule has 2 atom stereocenters. The molecular formula is C24H23N3O7. The number of amides is 4. The first-order valence-corrected chi connectivity index (χ1v) is 10.8. The third kappa shape index (κ3) is 4.90. The number of rotatable bonds is 7. The van der Waals surface area contributed by atoms with Crippen molar-refractivity contribution >= 4 is 29.8 Å². The van der Waals surface area contributed by atoms with Gasteiger partial charge in [-0.2, -0.15) is 0 Å². The molecule has 4 rings (SSSR count). The number of nitrogens with one attached hydrogen (secondary N) is 3. The molecule has 2 aliphatic rings. The highest BCUT2D eigenvalue weighted by Gasteiger charge is 2.33. The van der Waals surface area contributed by atoms with Gasteiger partial charge in [-0.3, -0.25) is 24.5 Å². The lowest BCUT2D eigenvalue weighted by Crippen LogP contribution is -2.57. The fraction of sp³-hybridized carbons (Fsp3) is 0.292. The number of hydrogen-bond acceptors (Lipinski definition) is 6. The van der Waals surface area contributed by atoms with E-state index in [9.17, 15) is 24.0 Å². The number of alkyl carbamates (subject to hydrolysis) is 1. The summed E-state index contributed by atoms with van der Waals surface area (Å²) in [7, 11) is 0. The smallest absolute Gasteiger partial charge is 0.407 e. The van der Waals surface area contributed by atoms with E-state index in [0.717, 1.165) is 22.3 Å². The van der Waals surface area contributed by atoms with E-state index in [1.807, 2.05) is 48.5 Å². The lowest BCUT2D eigenvalue weighted by atomic mass is 9.98. The van der Waals surface area contributed by atoms with Crippen LogP contribution < -0.4 is 16.0 Å². The molecule has 0 saturated carbocycles. The van der Waals surface area contributed by atoms with Crippen LogP contribution in [-0.2, 0) is 23.9 Å². The molecule has 1 fully saturated rings. The van der Waals surface area contributed by atoms with Crippen LogP contribution >= 0.6 is 0 Å². The monoisotopic (exact) mass is 465 g/mol. The summed E-state index contributed by atoms with van der Waals surface area (Å²) in [6.45, 7) is -0.00554. The zero-order valence-corrected chi connectivity index (χ0v) is 18.1. The maximum absolute atomic E-state index is 12.6. The van der Waals surface area contributed by atoms with Gasteiger partial charge in [-0.25, -0.2) is 4.79 Å². The molecule has 2 aromatic rings. The Hall–Kier alpha value is -4.21. The van der Waals surface area contributed by atoms with Gasteiger partial charge in [0.05, 0.1) is 6.42 Å². The van der Waals surface area contributed by atoms with Crippen molar-refractivity contribution in [1.29, 1.82) is 0 Å². The molecule has 34 heavy (non-hydrogen) atoms. The number of carboxylic acids is 1. The molecule has 4 N–H and O–H groups in total. The predicted molar refractivity (Wildman–Crippen MR) is 119 cm³/mol. The van der Waals surface area contributed by atoms with Gasteiger partial charge in [-0.05, 0) is 28.7 Å². The first-order chi connectivity index (χ1) is 16.3. The Labute approximate surface area is 194 Å². The van der Waals surface area contributed by atoms with Crippen molar-refractivity contribution in [2.45, 2.75) is 37.3 Å². The summed E-state index contributed by atoms with van der Waals surface area (Å²) < 4.78 is 5.38. The average Bonchev–Trinajstić information content (AvgIpc) is 3.12. The van der Waals surface area contributed by atoms with Crippen LogP contribution in [0, 0.1) is 0 Å². The molecule has 0 radical (unpaired) electrons. The Balaban J connectivity index is 1.40. The first kappa shape index (κ1) is 23.0. The standard InChI is InChI=1S/C24H23N3O7/c28-20-10-9-18(22(31)27-20)25-23(32)19(11-21(29)30)26-24(33)34-12-17-15-7-3-1-5-13(15)14-6-2-4-8-16(14)17/h1-8,17-19H,9-12H2,(H,25,32)(H,26,33)(H,29,30)(H,27,28,31). The number of carbonyl (C=O) groups is 5. The summed E-state index contributed by atoms with van der Waals surface area (Å²) >= 11 is 0. The Morgan fingerprint density at radius 1 is 1.03 bits per heavy atom. The molecule has 1 saturated heterocycles. The van der Waals surface area contributed by atoms with Gasteiger partial charge in [0, 0.05) is 12.3 Å². The number of fused-ring (bicyclic) bond motifs is 3. The van der Waals surface area contributed by atoms with Crippen LogP contribution in [0.1, 0.15) is 36.3 Å². The SMILES string of the molecule is O=C(O)CC(NC(=O)OCC1c2ccccc2-c2ccccc21)C(=O)NC1CCC(=O)NC1=O. The molecule has 1 aliphatic carbocycles. The quantitative estimate of drug-likeness (QED) is 0.450. The zero-order valence-electron chi connectivity index (χ0n) is 18.1. The number of aliphatic carboxylic acids is 1. The summed E-state index contributed by atoms with van der Waals surface area (Å²) in [5.41, 5.74) is 4.13. The lowest BCUT2D eigenvalue weighted by molar-refractivity contribution is -0.140. The molecule has 1 heterocycles. The summed E-state index contributed by atoms with van der Waals surface area (Å²) in [5, 5.41) is 15.9. The molecule has 4 amide bonds. The largest absolute Gasteiger partial charge is 0.481 e. The fourth-order valence-electron chi connectivity index (χ4n) is 4.27. The number of hydrogen-bond donors (Lipinski definition) is 4. The normalized spacial score (nSPS) is 17.7. The molecule has 0 aromatic heterocycles. The molecule has 1 aliphatic heterocycles. The van der Waals surface area contributed by atoms with Gasteiger partial charge >= 0.3 is 12.1 Å². The second-order valence-electron chi connectivity index (χ2n) is 8.13. The second kappa shape index (κ2) is 9.74. The number of piperidine rings is 1. The van der Waals surface area contributed by atoms with Crippen LogP contribution in [0.5, 0.6) is 0 Å². The van der Waals surface area contributed by atoms with Crippen LogP contribution in [0.4, 0.5) is 4.79 Å². The van der Waals surface area contributed by atoms with Gasteiger partial charge in [-0.15, -0.1) is 0 Å². The fourth-order valence-corrected chi connectivity index (χ4v) is 4.27. The average molecular weight is 465 g/mol. The van der Waals surface area contributed by atoms with Crippen molar-refractivity contribution in [3.05, 3.63) is 59.7 Å². The van der Waals surface area contributed by atoms with E-state index >= 15 is 0 Å². The Morgan fingerprint density at radius 3 is 2.24 bits per heavy atom. The van der Waals surface area contributed by atoms with Crippen LogP contribution in [0.2, 0.25) is 0 Å². The number of carbonyl (C=O) groups excluding carboxylic acids is 4. The minimum absolute atomic E-state index is 0.00554. The van der Waals surface area contributed by atoms with Gasteiger partial charge in [0.2, 0.25) is 17.7 Å². The van der Waals surface area contributed by atoms with Crippen molar-refractivity contribution in [2.75, 3.05) is 6.61 Å². The second-order valence-corrected chi connectivity index (χ2v) is 8.13. The summed E-state index contributed by atoms with van der Waals surface area (Å²) in [4.78, 5) is 59.5. The van der Waals surface area contributed by atoms with Gasteiger partial charge in [-0.1, -0.05) is 48.5 Å². The molecule has 10 heteroatoms. The highest BCUT2D eigenvalue weighted by molar-refractivity contribution is 6.02. The third-order valence-corrected chi connectivity index (χ3v) is 5.89. The Bertz CT molecular complexity index is 1120. The number of ether oxygens (including phenoxy) is 1. The molecule has 10 nitrogen and oxygen atoms in total. The highest BCUT2D eigenvalue weighted by atomic mass is 16.5. The molecule has 0 bridgehead atoms. The number of imide groups is 1. The van der Waals surface area contributed by atoms with Crippen molar-refractivity contribution in [3.63, 3.8) is 0 Å². The number of benzene rings is 2. The van der Waals surface area contributed by atoms with Crippen molar-refractivity contribution in [3.8, 4) is 11.1 Å². The zero-order chi connectivity index (χ0) is 24.2. The van der Waals surface area contributed by atoms with Crippen LogP contribution in [0.25, 0.3) is 11.1 Å². The topological polar surface area (TPSA) is 151 Å². The molecule has 176 valence electrons. The minimum atomic E-state index is -1.46.